The lowest BCUT2D eigenvalue weighted by molar-refractivity contribution is 0.200. The molecule has 2 aromatic rings. The van der Waals surface area contributed by atoms with E-state index in [1.807, 2.05) is 7.05 Å². The predicted octanol–water partition coefficient (Wildman–Crippen LogP) is 3.17. The molecule has 0 bridgehead atoms. The van der Waals surface area contributed by atoms with Crippen LogP contribution in [0.2, 0.25) is 0 Å². The van der Waals surface area contributed by atoms with Gasteiger partial charge in [0.05, 0.1) is 0 Å². The van der Waals surface area contributed by atoms with Gasteiger partial charge in [0, 0.05) is 36.8 Å². The SMILES string of the molecule is CNc1nc(SCCCOC)c2cc(C)sc2n1. The molecule has 0 fully saturated rings. The fourth-order valence-electron chi connectivity index (χ4n) is 1.61. The lowest BCUT2D eigenvalue weighted by Gasteiger charge is -2.05. The molecule has 18 heavy (non-hydrogen) atoms. The third kappa shape index (κ3) is 3.13. The molecule has 98 valence electrons. The molecule has 2 heterocycles. The number of anilines is 1. The maximum absolute atomic E-state index is 5.06. The average molecular weight is 283 g/mol. The number of ether oxygens (including phenoxy) is 1. The van der Waals surface area contributed by atoms with E-state index in [0.29, 0.717) is 5.95 Å². The highest BCUT2D eigenvalue weighted by atomic mass is 32.2. The van der Waals surface area contributed by atoms with Crippen LogP contribution in [0, 0.1) is 6.92 Å². The van der Waals surface area contributed by atoms with Crippen molar-refractivity contribution in [2.24, 2.45) is 0 Å². The van der Waals surface area contributed by atoms with Crippen LogP contribution in [0.5, 0.6) is 0 Å². The van der Waals surface area contributed by atoms with Crippen molar-refractivity contribution in [3.05, 3.63) is 10.9 Å². The number of nitrogens with zero attached hydrogens (tertiary/aromatic N) is 2. The van der Waals surface area contributed by atoms with Crippen molar-refractivity contribution in [3.8, 4) is 0 Å². The summed E-state index contributed by atoms with van der Waals surface area (Å²) >= 11 is 3.48. The van der Waals surface area contributed by atoms with Gasteiger partial charge in [0.2, 0.25) is 5.95 Å². The Hall–Kier alpha value is -0.850. The van der Waals surface area contributed by atoms with Gasteiger partial charge >= 0.3 is 0 Å². The van der Waals surface area contributed by atoms with E-state index in [9.17, 15) is 0 Å². The summed E-state index contributed by atoms with van der Waals surface area (Å²) < 4.78 is 5.06. The van der Waals surface area contributed by atoms with Crippen LogP contribution < -0.4 is 5.32 Å². The second-order valence-electron chi connectivity index (χ2n) is 3.87. The van der Waals surface area contributed by atoms with E-state index in [1.54, 1.807) is 30.2 Å². The summed E-state index contributed by atoms with van der Waals surface area (Å²) in [6.45, 7) is 2.90. The molecular weight excluding hydrogens is 266 g/mol. The van der Waals surface area contributed by atoms with Gasteiger partial charge in [-0.15, -0.1) is 23.1 Å². The maximum Gasteiger partial charge on any atom is 0.224 e. The van der Waals surface area contributed by atoms with Crippen LogP contribution in [0.3, 0.4) is 0 Å². The Bertz CT molecular complexity index is 527. The van der Waals surface area contributed by atoms with E-state index < -0.39 is 0 Å². The van der Waals surface area contributed by atoms with Crippen molar-refractivity contribution in [1.29, 1.82) is 0 Å². The zero-order valence-corrected chi connectivity index (χ0v) is 12.5. The summed E-state index contributed by atoms with van der Waals surface area (Å²) in [6, 6.07) is 2.16. The zero-order valence-electron chi connectivity index (χ0n) is 10.8. The van der Waals surface area contributed by atoms with Gasteiger partial charge in [0.1, 0.15) is 9.86 Å². The number of thiophene rings is 1. The van der Waals surface area contributed by atoms with Crippen LogP contribution >= 0.6 is 23.1 Å². The Morgan fingerprint density at radius 2 is 2.28 bits per heavy atom. The summed E-state index contributed by atoms with van der Waals surface area (Å²) in [5, 5.41) is 5.24. The van der Waals surface area contributed by atoms with Gasteiger partial charge < -0.3 is 10.1 Å². The third-order valence-corrected chi connectivity index (χ3v) is 4.46. The highest BCUT2D eigenvalue weighted by molar-refractivity contribution is 7.99. The average Bonchev–Trinajstić information content (AvgIpc) is 2.74. The second kappa shape index (κ2) is 6.36. The molecule has 0 aliphatic carbocycles. The maximum atomic E-state index is 5.06. The molecule has 2 rings (SSSR count). The van der Waals surface area contributed by atoms with Gasteiger partial charge in [-0.1, -0.05) is 0 Å². The van der Waals surface area contributed by atoms with Crippen LogP contribution in [-0.2, 0) is 4.74 Å². The number of thioether (sulfide) groups is 1. The van der Waals surface area contributed by atoms with Gasteiger partial charge in [-0.3, -0.25) is 0 Å². The minimum Gasteiger partial charge on any atom is -0.385 e. The van der Waals surface area contributed by atoms with Crippen molar-refractivity contribution in [1.82, 2.24) is 9.97 Å². The number of aromatic nitrogens is 2. The number of methoxy groups -OCH3 is 1. The Labute approximate surface area is 115 Å². The molecule has 1 N–H and O–H groups in total. The van der Waals surface area contributed by atoms with Crippen LogP contribution in [0.4, 0.5) is 5.95 Å². The summed E-state index contributed by atoms with van der Waals surface area (Å²) in [5.74, 6) is 1.71. The molecule has 0 aliphatic rings. The lowest BCUT2D eigenvalue weighted by atomic mass is 10.4. The van der Waals surface area contributed by atoms with E-state index in [2.05, 4.69) is 28.3 Å². The molecule has 0 saturated heterocycles. The van der Waals surface area contributed by atoms with Crippen LogP contribution in [0.15, 0.2) is 11.1 Å². The molecule has 0 saturated carbocycles. The zero-order chi connectivity index (χ0) is 13.0. The van der Waals surface area contributed by atoms with E-state index >= 15 is 0 Å². The number of nitrogens with one attached hydrogen (secondary N) is 1. The predicted molar refractivity (Wildman–Crippen MR) is 78.9 cm³/mol. The van der Waals surface area contributed by atoms with Gasteiger partial charge in [-0.25, -0.2) is 9.97 Å². The van der Waals surface area contributed by atoms with Gasteiger partial charge in [0.15, 0.2) is 0 Å². The standard InChI is InChI=1S/C12H17N3OS2/c1-8-7-9-10(17-6-4-5-16-3)14-12(13-2)15-11(9)18-8/h7H,4-6H2,1-3H3,(H,13,14,15). The Morgan fingerprint density at radius 3 is 3.00 bits per heavy atom. The van der Waals surface area contributed by atoms with Gasteiger partial charge in [-0.05, 0) is 19.4 Å². The molecule has 0 amide bonds. The van der Waals surface area contributed by atoms with Crippen LogP contribution in [-0.4, -0.2) is 36.5 Å². The van der Waals surface area contributed by atoms with Crippen molar-refractivity contribution in [3.63, 3.8) is 0 Å². The Morgan fingerprint density at radius 1 is 1.44 bits per heavy atom. The van der Waals surface area contributed by atoms with Crippen LogP contribution in [0.25, 0.3) is 10.2 Å². The number of rotatable bonds is 6. The first-order valence-corrected chi connectivity index (χ1v) is 7.62. The van der Waals surface area contributed by atoms with Gasteiger partial charge in [0.25, 0.3) is 0 Å². The normalized spacial score (nSPS) is 11.1. The summed E-state index contributed by atoms with van der Waals surface area (Å²) in [6.07, 6.45) is 1.03. The second-order valence-corrected chi connectivity index (χ2v) is 6.19. The number of fused-ring (bicyclic) bond motifs is 1. The molecule has 2 aromatic heterocycles. The molecule has 0 radical (unpaired) electrons. The molecule has 6 heteroatoms. The van der Waals surface area contributed by atoms with E-state index in [0.717, 1.165) is 28.6 Å². The molecule has 0 atom stereocenters. The number of hydrogen-bond donors (Lipinski definition) is 1. The quantitative estimate of drug-likeness (QED) is 0.501. The minimum atomic E-state index is 0.693. The molecular formula is C12H17N3OS2. The van der Waals surface area contributed by atoms with Crippen molar-refractivity contribution < 1.29 is 4.74 Å². The lowest BCUT2D eigenvalue weighted by Crippen LogP contribution is -1.98. The third-order valence-electron chi connectivity index (χ3n) is 2.44. The molecule has 0 aliphatic heterocycles. The Balaban J connectivity index is 2.23. The minimum absolute atomic E-state index is 0.693. The van der Waals surface area contributed by atoms with Crippen LogP contribution in [0.1, 0.15) is 11.3 Å². The number of hydrogen-bond acceptors (Lipinski definition) is 6. The first kappa shape index (κ1) is 13.6. The first-order valence-electron chi connectivity index (χ1n) is 5.82. The summed E-state index contributed by atoms with van der Waals surface area (Å²) in [7, 11) is 3.58. The van der Waals surface area contributed by atoms with Crippen molar-refractivity contribution >= 4 is 39.3 Å². The summed E-state index contributed by atoms with van der Waals surface area (Å²) in [4.78, 5) is 11.3. The first-order chi connectivity index (χ1) is 8.74. The molecule has 0 aromatic carbocycles. The van der Waals surface area contributed by atoms with E-state index in [4.69, 9.17) is 4.74 Å². The topological polar surface area (TPSA) is 47.0 Å². The van der Waals surface area contributed by atoms with Crippen molar-refractivity contribution in [2.75, 3.05) is 31.8 Å². The smallest absolute Gasteiger partial charge is 0.224 e. The highest BCUT2D eigenvalue weighted by Crippen LogP contribution is 2.32. The van der Waals surface area contributed by atoms with E-state index in [-0.39, 0.29) is 0 Å². The molecule has 0 unspecified atom stereocenters. The van der Waals surface area contributed by atoms with Crippen molar-refractivity contribution in [2.45, 2.75) is 18.4 Å². The Kier molecular flexibility index (Phi) is 4.79. The fraction of sp³-hybridized carbons (Fsp3) is 0.500. The largest absolute Gasteiger partial charge is 0.385 e. The molecule has 4 nitrogen and oxygen atoms in total. The highest BCUT2D eigenvalue weighted by Gasteiger charge is 2.10. The fourth-order valence-corrected chi connectivity index (χ4v) is 3.47. The van der Waals surface area contributed by atoms with E-state index in [1.165, 1.54) is 10.3 Å². The monoisotopic (exact) mass is 283 g/mol. The molecule has 0 spiro atoms. The number of aryl methyl sites for hydroxylation is 1. The summed E-state index contributed by atoms with van der Waals surface area (Å²) in [5.41, 5.74) is 0. The van der Waals surface area contributed by atoms with Gasteiger partial charge in [-0.2, -0.15) is 0 Å².